The summed E-state index contributed by atoms with van der Waals surface area (Å²) in [5.41, 5.74) is 5.58. The van der Waals surface area contributed by atoms with Gasteiger partial charge >= 0.3 is 12.1 Å². The first-order valence-corrected chi connectivity index (χ1v) is 10.6. The number of carbonyl (C=O) groups is 2. The molecule has 1 aliphatic heterocycles. The van der Waals surface area contributed by atoms with Gasteiger partial charge in [-0.05, 0) is 33.9 Å². The smallest absolute Gasteiger partial charge is 0.407 e. The number of hydrogen-bond acceptors (Lipinski definition) is 3. The van der Waals surface area contributed by atoms with E-state index < -0.39 is 23.9 Å². The van der Waals surface area contributed by atoms with Crippen LogP contribution < -0.4 is 10.6 Å². The lowest BCUT2D eigenvalue weighted by Crippen LogP contribution is -2.41. The van der Waals surface area contributed by atoms with Crippen molar-refractivity contribution in [2.75, 3.05) is 6.61 Å². The average molecular weight is 443 g/mol. The lowest BCUT2D eigenvalue weighted by Gasteiger charge is -2.18. The normalized spacial score (nSPS) is 14.4. The first kappa shape index (κ1) is 20.8. The number of carboxylic acids is 1. The highest BCUT2D eigenvalue weighted by Gasteiger charge is 2.30. The molecule has 1 aliphatic carbocycles. The third kappa shape index (κ3) is 3.82. The summed E-state index contributed by atoms with van der Waals surface area (Å²) in [4.78, 5) is 24.3. The maximum Gasteiger partial charge on any atom is 0.407 e. The second-order valence-electron chi connectivity index (χ2n) is 7.98. The molecule has 165 valence electrons. The average Bonchev–Trinajstić information content (AvgIpc) is 3.37. The predicted molar refractivity (Wildman–Crippen MR) is 120 cm³/mol. The summed E-state index contributed by atoms with van der Waals surface area (Å²) >= 11 is 0. The van der Waals surface area contributed by atoms with Gasteiger partial charge in [0.05, 0.1) is 0 Å². The van der Waals surface area contributed by atoms with Gasteiger partial charge in [-0.3, -0.25) is 5.32 Å². The molecule has 1 radical (unpaired) electrons. The van der Waals surface area contributed by atoms with Crippen molar-refractivity contribution in [1.29, 1.82) is 0 Å². The number of amides is 1. The number of carboxylic acid groups (broad SMARTS) is 1. The molecule has 0 aromatic heterocycles. The molecule has 0 bridgehead atoms. The SMILES string of the molecule is O=C(N[C@H](CC1=C[N]c2c(F)cccc21)C(=O)O)OCC1c2ccccc2-c2ccccc21. The lowest BCUT2D eigenvalue weighted by molar-refractivity contribution is -0.139. The molecule has 1 amide bonds. The van der Waals surface area contributed by atoms with Crippen LogP contribution in [0, 0.1) is 5.82 Å². The second kappa shape index (κ2) is 8.43. The number of rotatable bonds is 6. The van der Waals surface area contributed by atoms with E-state index in [2.05, 4.69) is 10.6 Å². The van der Waals surface area contributed by atoms with Crippen LogP contribution in [0.5, 0.6) is 0 Å². The Morgan fingerprint density at radius 2 is 1.61 bits per heavy atom. The molecule has 0 saturated heterocycles. The van der Waals surface area contributed by atoms with Crippen LogP contribution in [-0.4, -0.2) is 29.8 Å². The van der Waals surface area contributed by atoms with Gasteiger partial charge in [-0.15, -0.1) is 0 Å². The Kier molecular flexibility index (Phi) is 5.30. The number of para-hydroxylation sites is 1. The maximum atomic E-state index is 13.9. The monoisotopic (exact) mass is 443 g/mol. The number of hydrogen-bond donors (Lipinski definition) is 2. The maximum absolute atomic E-state index is 13.9. The number of ether oxygens (including phenoxy) is 1. The van der Waals surface area contributed by atoms with Crippen LogP contribution in [0.3, 0.4) is 0 Å². The zero-order chi connectivity index (χ0) is 22.9. The van der Waals surface area contributed by atoms with Gasteiger partial charge < -0.3 is 15.2 Å². The fourth-order valence-corrected chi connectivity index (χ4v) is 4.48. The summed E-state index contributed by atoms with van der Waals surface area (Å²) < 4.78 is 19.4. The summed E-state index contributed by atoms with van der Waals surface area (Å²) in [6.45, 7) is 0.0816. The molecule has 0 fully saturated rings. The zero-order valence-electron chi connectivity index (χ0n) is 17.5. The van der Waals surface area contributed by atoms with Crippen LogP contribution in [-0.2, 0) is 9.53 Å². The van der Waals surface area contributed by atoms with Crippen LogP contribution in [0.25, 0.3) is 16.7 Å². The first-order valence-electron chi connectivity index (χ1n) is 10.6. The highest BCUT2D eigenvalue weighted by Crippen LogP contribution is 2.44. The van der Waals surface area contributed by atoms with Crippen molar-refractivity contribution in [2.24, 2.45) is 0 Å². The summed E-state index contributed by atoms with van der Waals surface area (Å²) in [5, 5.41) is 16.1. The summed E-state index contributed by atoms with van der Waals surface area (Å²) in [5.74, 6) is -1.82. The Bertz CT molecular complexity index is 1240. The highest BCUT2D eigenvalue weighted by atomic mass is 19.1. The lowest BCUT2D eigenvalue weighted by atomic mass is 9.98. The third-order valence-corrected chi connectivity index (χ3v) is 6.04. The molecular formula is C26H20FN2O4. The summed E-state index contributed by atoms with van der Waals surface area (Å²) in [7, 11) is 0. The molecule has 1 heterocycles. The number of alkyl carbamates (subject to hydrolysis) is 1. The molecule has 2 aliphatic rings. The van der Waals surface area contributed by atoms with Crippen molar-refractivity contribution in [3.8, 4) is 11.1 Å². The number of aliphatic carboxylic acids is 1. The fraction of sp³-hybridized carbons (Fsp3) is 0.154. The number of nitrogens with zero attached hydrogens (tertiary/aromatic N) is 1. The second-order valence-corrected chi connectivity index (χ2v) is 7.98. The topological polar surface area (TPSA) is 89.7 Å². The molecule has 5 rings (SSSR count). The van der Waals surface area contributed by atoms with Crippen molar-refractivity contribution >= 4 is 23.3 Å². The number of nitrogens with one attached hydrogen (secondary N) is 1. The van der Waals surface area contributed by atoms with Crippen molar-refractivity contribution in [3.63, 3.8) is 0 Å². The minimum absolute atomic E-state index is 0.0422. The molecule has 0 saturated carbocycles. The van der Waals surface area contributed by atoms with Crippen LogP contribution in [0.15, 0.2) is 72.9 Å². The zero-order valence-corrected chi connectivity index (χ0v) is 17.5. The largest absolute Gasteiger partial charge is 0.480 e. The molecule has 0 unspecified atom stereocenters. The minimum atomic E-state index is -1.24. The van der Waals surface area contributed by atoms with E-state index in [1.807, 2.05) is 48.5 Å². The van der Waals surface area contributed by atoms with Crippen LogP contribution in [0.1, 0.15) is 29.0 Å². The van der Waals surface area contributed by atoms with Gasteiger partial charge in [-0.1, -0.05) is 60.7 Å². The molecule has 7 heteroatoms. The number of carbonyl (C=O) groups excluding carboxylic acids is 1. The van der Waals surface area contributed by atoms with E-state index >= 15 is 0 Å². The number of benzene rings is 3. The Labute approximate surface area is 189 Å². The minimum Gasteiger partial charge on any atom is -0.480 e. The van der Waals surface area contributed by atoms with Crippen LogP contribution >= 0.6 is 0 Å². The Morgan fingerprint density at radius 1 is 0.970 bits per heavy atom. The van der Waals surface area contributed by atoms with E-state index in [9.17, 15) is 19.1 Å². The van der Waals surface area contributed by atoms with Crippen molar-refractivity contribution in [3.05, 3.63) is 95.4 Å². The van der Waals surface area contributed by atoms with E-state index in [-0.39, 0.29) is 24.6 Å². The standard InChI is InChI=1S/C26H20FN2O4/c27-22-11-5-10-16-15(13-28-24(16)22)12-23(25(30)31)29-26(32)33-14-21-19-8-3-1-6-17(19)18-7-2-4-9-20(18)21/h1-11,13,21,23H,12,14H2,(H,29,32)(H,30,31)/t23-/m1/s1. The quantitative estimate of drug-likeness (QED) is 0.573. The van der Waals surface area contributed by atoms with Gasteiger partial charge in [0.25, 0.3) is 0 Å². The van der Waals surface area contributed by atoms with Crippen molar-refractivity contribution < 1.29 is 23.8 Å². The predicted octanol–water partition coefficient (Wildman–Crippen LogP) is 4.80. The number of fused-ring (bicyclic) bond motifs is 4. The molecule has 6 nitrogen and oxygen atoms in total. The van der Waals surface area contributed by atoms with Gasteiger partial charge in [0, 0.05) is 24.1 Å². The molecule has 1 atom stereocenters. The fourth-order valence-electron chi connectivity index (χ4n) is 4.48. The Balaban J connectivity index is 1.26. The van der Waals surface area contributed by atoms with Crippen LogP contribution in [0.4, 0.5) is 14.9 Å². The molecule has 2 N–H and O–H groups in total. The van der Waals surface area contributed by atoms with E-state index in [1.54, 1.807) is 6.07 Å². The molecule has 3 aromatic carbocycles. The molecular weight excluding hydrogens is 423 g/mol. The van der Waals surface area contributed by atoms with Gasteiger partial charge in [-0.2, -0.15) is 0 Å². The molecule has 3 aromatic rings. The van der Waals surface area contributed by atoms with Gasteiger partial charge in [0.2, 0.25) is 0 Å². The highest BCUT2D eigenvalue weighted by molar-refractivity contribution is 5.86. The van der Waals surface area contributed by atoms with Crippen LogP contribution in [0.2, 0.25) is 0 Å². The summed E-state index contributed by atoms with van der Waals surface area (Å²) in [6, 6.07) is 19.2. The third-order valence-electron chi connectivity index (χ3n) is 6.04. The Hall–Kier alpha value is -4.13. The molecule has 33 heavy (non-hydrogen) atoms. The van der Waals surface area contributed by atoms with E-state index in [4.69, 9.17) is 4.74 Å². The van der Waals surface area contributed by atoms with E-state index in [0.717, 1.165) is 22.3 Å². The first-order chi connectivity index (χ1) is 16.0. The molecule has 0 spiro atoms. The van der Waals surface area contributed by atoms with Gasteiger partial charge in [0.15, 0.2) is 0 Å². The van der Waals surface area contributed by atoms with Gasteiger partial charge in [0.1, 0.15) is 24.2 Å². The van der Waals surface area contributed by atoms with Crippen molar-refractivity contribution in [1.82, 2.24) is 10.6 Å². The van der Waals surface area contributed by atoms with E-state index in [1.165, 1.54) is 18.3 Å². The summed E-state index contributed by atoms with van der Waals surface area (Å²) in [6.07, 6.45) is 0.571. The Morgan fingerprint density at radius 3 is 2.27 bits per heavy atom. The van der Waals surface area contributed by atoms with Crippen molar-refractivity contribution in [2.45, 2.75) is 18.4 Å². The van der Waals surface area contributed by atoms with Gasteiger partial charge in [-0.25, -0.2) is 14.0 Å². The van der Waals surface area contributed by atoms with E-state index in [0.29, 0.717) is 11.1 Å². The number of halogens is 1.